The fraction of sp³-hybridized carbons (Fsp3) is 0.308. The maximum absolute atomic E-state index is 13.1. The molecule has 1 aliphatic rings. The Bertz CT molecular complexity index is 511. The summed E-state index contributed by atoms with van der Waals surface area (Å²) in [5.41, 5.74) is 0.883. The molecule has 0 amide bonds. The van der Waals surface area contributed by atoms with Crippen LogP contribution < -0.4 is 4.74 Å². The first-order valence-electron chi connectivity index (χ1n) is 5.45. The van der Waals surface area contributed by atoms with E-state index in [9.17, 15) is 9.18 Å². The van der Waals surface area contributed by atoms with Gasteiger partial charge in [0, 0.05) is 5.56 Å². The molecule has 0 bridgehead atoms. The zero-order valence-electron chi connectivity index (χ0n) is 10.4. The van der Waals surface area contributed by atoms with Gasteiger partial charge in [-0.15, -0.1) is 0 Å². The molecule has 1 heterocycles. The van der Waals surface area contributed by atoms with Crippen LogP contribution in [0, 0.1) is 5.82 Å². The Morgan fingerprint density at radius 3 is 2.78 bits per heavy atom. The number of carbonyl (C=O) groups is 1. The third-order valence-corrected chi connectivity index (χ3v) is 2.68. The summed E-state index contributed by atoms with van der Waals surface area (Å²) in [6.07, 6.45) is 1.06. The summed E-state index contributed by atoms with van der Waals surface area (Å²) >= 11 is 0. The Hall–Kier alpha value is -1.88. The molecule has 0 radical (unpaired) electrons. The van der Waals surface area contributed by atoms with Gasteiger partial charge in [-0.25, -0.2) is 9.18 Å². The van der Waals surface area contributed by atoms with Crippen molar-refractivity contribution in [1.29, 1.82) is 0 Å². The fourth-order valence-electron chi connectivity index (χ4n) is 1.82. The standard InChI is InChI=1S/C13H14FNO3/c1-15(2)12-10(13(16)17-3)7-8-6-9(14)4-5-11(8)18-12/h4-7,12H,1-3H3. The van der Waals surface area contributed by atoms with Gasteiger partial charge in [0.15, 0.2) is 6.23 Å². The van der Waals surface area contributed by atoms with Crippen LogP contribution in [-0.4, -0.2) is 38.3 Å². The second kappa shape index (κ2) is 4.78. The van der Waals surface area contributed by atoms with Crippen molar-refractivity contribution in [2.24, 2.45) is 0 Å². The fourth-order valence-corrected chi connectivity index (χ4v) is 1.82. The molecule has 96 valence electrons. The first-order chi connectivity index (χ1) is 8.52. The molecule has 1 unspecified atom stereocenters. The number of halogens is 1. The minimum Gasteiger partial charge on any atom is -0.470 e. The molecule has 1 atom stereocenters. The van der Waals surface area contributed by atoms with Gasteiger partial charge >= 0.3 is 5.97 Å². The highest BCUT2D eigenvalue weighted by Crippen LogP contribution is 2.31. The van der Waals surface area contributed by atoms with E-state index >= 15 is 0 Å². The summed E-state index contributed by atoms with van der Waals surface area (Å²) < 4.78 is 23.5. The lowest BCUT2D eigenvalue weighted by molar-refractivity contribution is -0.138. The van der Waals surface area contributed by atoms with E-state index in [1.165, 1.54) is 19.2 Å². The van der Waals surface area contributed by atoms with Crippen LogP contribution in [-0.2, 0) is 9.53 Å². The summed E-state index contributed by atoms with van der Waals surface area (Å²) in [6.45, 7) is 0. The molecule has 18 heavy (non-hydrogen) atoms. The van der Waals surface area contributed by atoms with Crippen molar-refractivity contribution in [3.8, 4) is 5.75 Å². The first kappa shape index (κ1) is 12.6. The number of methoxy groups -OCH3 is 1. The van der Waals surface area contributed by atoms with Gasteiger partial charge in [-0.1, -0.05) is 0 Å². The number of nitrogens with zero attached hydrogens (tertiary/aromatic N) is 1. The number of benzene rings is 1. The Morgan fingerprint density at radius 2 is 2.17 bits per heavy atom. The van der Waals surface area contributed by atoms with Crippen LogP contribution >= 0.6 is 0 Å². The number of likely N-dealkylation sites (N-methyl/N-ethyl adjacent to an activating group) is 1. The molecule has 0 saturated heterocycles. The minimum atomic E-state index is -0.532. The maximum atomic E-state index is 13.1. The topological polar surface area (TPSA) is 38.8 Å². The highest BCUT2D eigenvalue weighted by Gasteiger charge is 2.30. The molecule has 2 rings (SSSR count). The molecule has 1 aliphatic heterocycles. The van der Waals surface area contributed by atoms with E-state index in [1.54, 1.807) is 31.1 Å². The number of fused-ring (bicyclic) bond motifs is 1. The summed E-state index contributed by atoms with van der Waals surface area (Å²) in [6, 6.07) is 4.19. The quantitative estimate of drug-likeness (QED) is 0.749. The van der Waals surface area contributed by atoms with Crippen LogP contribution in [0.5, 0.6) is 5.75 Å². The summed E-state index contributed by atoms with van der Waals surface area (Å²) in [4.78, 5) is 13.4. The van der Waals surface area contributed by atoms with E-state index in [0.717, 1.165) is 0 Å². The second-order valence-corrected chi connectivity index (χ2v) is 4.21. The van der Waals surface area contributed by atoms with Crippen LogP contribution in [0.15, 0.2) is 23.8 Å². The maximum Gasteiger partial charge on any atom is 0.338 e. The van der Waals surface area contributed by atoms with Gasteiger partial charge in [0.1, 0.15) is 11.6 Å². The normalized spacial score (nSPS) is 17.8. The predicted octanol–water partition coefficient (Wildman–Crippen LogP) is 1.66. The molecule has 0 aliphatic carbocycles. The van der Waals surface area contributed by atoms with Gasteiger partial charge < -0.3 is 9.47 Å². The summed E-state index contributed by atoms with van der Waals surface area (Å²) in [5, 5.41) is 0. The average molecular weight is 251 g/mol. The third kappa shape index (κ3) is 2.22. The molecule has 0 N–H and O–H groups in total. The lowest BCUT2D eigenvalue weighted by atomic mass is 10.0. The molecule has 0 fully saturated rings. The van der Waals surface area contributed by atoms with Crippen LogP contribution in [0.25, 0.3) is 6.08 Å². The Balaban J connectivity index is 2.48. The number of ether oxygens (including phenoxy) is 2. The number of hydrogen-bond acceptors (Lipinski definition) is 4. The molecule has 5 heteroatoms. The first-order valence-corrected chi connectivity index (χ1v) is 5.45. The van der Waals surface area contributed by atoms with Crippen LogP contribution in [0.2, 0.25) is 0 Å². The van der Waals surface area contributed by atoms with Gasteiger partial charge in [0.2, 0.25) is 0 Å². The average Bonchev–Trinajstić information content (AvgIpc) is 2.35. The van der Waals surface area contributed by atoms with E-state index in [0.29, 0.717) is 16.9 Å². The lowest BCUT2D eigenvalue weighted by Gasteiger charge is -2.30. The number of rotatable bonds is 2. The van der Waals surface area contributed by atoms with E-state index in [2.05, 4.69) is 0 Å². The Morgan fingerprint density at radius 1 is 1.44 bits per heavy atom. The molecule has 4 nitrogen and oxygen atoms in total. The predicted molar refractivity (Wildman–Crippen MR) is 64.5 cm³/mol. The highest BCUT2D eigenvalue weighted by atomic mass is 19.1. The highest BCUT2D eigenvalue weighted by molar-refractivity contribution is 5.95. The van der Waals surface area contributed by atoms with E-state index in [1.807, 2.05) is 0 Å². The lowest BCUT2D eigenvalue weighted by Crippen LogP contribution is -2.39. The molecular weight excluding hydrogens is 237 g/mol. The van der Waals surface area contributed by atoms with Crippen LogP contribution in [0.4, 0.5) is 4.39 Å². The van der Waals surface area contributed by atoms with Gasteiger partial charge in [0.05, 0.1) is 12.7 Å². The minimum absolute atomic E-state index is 0.348. The van der Waals surface area contributed by atoms with Gasteiger partial charge in [0.25, 0.3) is 0 Å². The Labute approximate surface area is 105 Å². The monoisotopic (exact) mass is 251 g/mol. The molecule has 0 spiro atoms. The van der Waals surface area contributed by atoms with Crippen molar-refractivity contribution in [3.05, 3.63) is 35.2 Å². The van der Waals surface area contributed by atoms with Crippen molar-refractivity contribution < 1.29 is 18.7 Å². The van der Waals surface area contributed by atoms with Crippen molar-refractivity contribution in [1.82, 2.24) is 4.90 Å². The van der Waals surface area contributed by atoms with E-state index in [4.69, 9.17) is 9.47 Å². The zero-order chi connectivity index (χ0) is 13.3. The molecule has 1 aromatic rings. The number of hydrogen-bond donors (Lipinski definition) is 0. The van der Waals surface area contributed by atoms with Crippen molar-refractivity contribution in [2.45, 2.75) is 6.23 Å². The van der Waals surface area contributed by atoms with Crippen molar-refractivity contribution >= 4 is 12.0 Å². The Kier molecular flexibility index (Phi) is 3.34. The largest absolute Gasteiger partial charge is 0.470 e. The zero-order valence-corrected chi connectivity index (χ0v) is 10.4. The molecule has 0 aromatic heterocycles. The van der Waals surface area contributed by atoms with Gasteiger partial charge in [-0.2, -0.15) is 0 Å². The van der Waals surface area contributed by atoms with Crippen molar-refractivity contribution in [3.63, 3.8) is 0 Å². The van der Waals surface area contributed by atoms with Crippen LogP contribution in [0.1, 0.15) is 5.56 Å². The van der Waals surface area contributed by atoms with Crippen molar-refractivity contribution in [2.75, 3.05) is 21.2 Å². The SMILES string of the molecule is COC(=O)C1=Cc2cc(F)ccc2OC1N(C)C. The van der Waals surface area contributed by atoms with E-state index < -0.39 is 12.2 Å². The number of esters is 1. The number of carbonyl (C=O) groups excluding carboxylic acids is 1. The van der Waals surface area contributed by atoms with Gasteiger partial charge in [-0.3, -0.25) is 4.90 Å². The third-order valence-electron chi connectivity index (χ3n) is 2.68. The molecule has 1 aromatic carbocycles. The molecule has 0 saturated carbocycles. The summed E-state index contributed by atoms with van der Waals surface area (Å²) in [7, 11) is 4.88. The van der Waals surface area contributed by atoms with Gasteiger partial charge in [-0.05, 0) is 38.4 Å². The second-order valence-electron chi connectivity index (χ2n) is 4.21. The summed E-state index contributed by atoms with van der Waals surface area (Å²) in [5.74, 6) is -0.313. The molecular formula is C13H14FNO3. The smallest absolute Gasteiger partial charge is 0.338 e. The van der Waals surface area contributed by atoms with Crippen LogP contribution in [0.3, 0.4) is 0 Å². The van der Waals surface area contributed by atoms with E-state index in [-0.39, 0.29) is 5.82 Å².